The van der Waals surface area contributed by atoms with E-state index in [1.807, 2.05) is 19.9 Å². The molecule has 118 valence electrons. The van der Waals surface area contributed by atoms with Crippen molar-refractivity contribution in [3.63, 3.8) is 0 Å². The quantitative estimate of drug-likeness (QED) is 0.350. The maximum atomic E-state index is 9.05. The van der Waals surface area contributed by atoms with E-state index >= 15 is 0 Å². The van der Waals surface area contributed by atoms with Crippen LogP contribution in [0.3, 0.4) is 0 Å². The van der Waals surface area contributed by atoms with Gasteiger partial charge in [-0.15, -0.1) is 0 Å². The van der Waals surface area contributed by atoms with Gasteiger partial charge >= 0.3 is 0 Å². The number of amidine groups is 1. The minimum absolute atomic E-state index is 0.123. The molecule has 5 nitrogen and oxygen atoms in total. The second-order valence-electron chi connectivity index (χ2n) is 5.49. The van der Waals surface area contributed by atoms with E-state index in [4.69, 9.17) is 10.9 Å². The van der Waals surface area contributed by atoms with Crippen LogP contribution in [0.4, 0.5) is 5.82 Å². The zero-order chi connectivity index (χ0) is 16.0. The van der Waals surface area contributed by atoms with E-state index in [0.29, 0.717) is 5.92 Å². The molecule has 1 heterocycles. The van der Waals surface area contributed by atoms with E-state index in [9.17, 15) is 0 Å². The van der Waals surface area contributed by atoms with Crippen LogP contribution < -0.4 is 10.6 Å². The van der Waals surface area contributed by atoms with Gasteiger partial charge in [-0.2, -0.15) is 0 Å². The molecule has 0 aliphatic carbocycles. The normalized spacial score (nSPS) is 12.0. The number of nitrogens with two attached hydrogens (primary N) is 1. The maximum Gasteiger partial charge on any atom is 0.174 e. The van der Waals surface area contributed by atoms with Crippen molar-refractivity contribution in [3.8, 4) is 0 Å². The molecule has 0 bridgehead atoms. The third-order valence-electron chi connectivity index (χ3n) is 4.00. The fraction of sp³-hybridized carbons (Fsp3) is 0.625. The molecule has 0 saturated carbocycles. The van der Waals surface area contributed by atoms with Gasteiger partial charge in [-0.3, -0.25) is 0 Å². The van der Waals surface area contributed by atoms with Crippen molar-refractivity contribution >= 4 is 11.7 Å². The summed E-state index contributed by atoms with van der Waals surface area (Å²) in [5, 5.41) is 12.2. The summed E-state index contributed by atoms with van der Waals surface area (Å²) in [7, 11) is 0. The zero-order valence-electron chi connectivity index (χ0n) is 13.8. The van der Waals surface area contributed by atoms with E-state index in [2.05, 4.69) is 35.8 Å². The topological polar surface area (TPSA) is 74.7 Å². The van der Waals surface area contributed by atoms with Gasteiger partial charge in [0, 0.05) is 18.8 Å². The van der Waals surface area contributed by atoms with Crippen LogP contribution in [0.5, 0.6) is 0 Å². The van der Waals surface area contributed by atoms with Crippen LogP contribution in [0.15, 0.2) is 11.2 Å². The van der Waals surface area contributed by atoms with Gasteiger partial charge < -0.3 is 15.8 Å². The number of hydrogen-bond donors (Lipinski definition) is 2. The Morgan fingerprint density at radius 1 is 1.33 bits per heavy atom. The summed E-state index contributed by atoms with van der Waals surface area (Å²) in [6, 6.07) is 1.96. The molecule has 0 unspecified atom stereocenters. The number of oxime groups is 1. The summed E-state index contributed by atoms with van der Waals surface area (Å²) in [6.45, 7) is 12.2. The van der Waals surface area contributed by atoms with Crippen molar-refractivity contribution in [3.05, 3.63) is 22.9 Å². The lowest BCUT2D eigenvalue weighted by Gasteiger charge is -2.29. The number of aromatic nitrogens is 1. The Kier molecular flexibility index (Phi) is 6.46. The summed E-state index contributed by atoms with van der Waals surface area (Å²) in [5.74, 6) is 1.56. The van der Waals surface area contributed by atoms with Crippen LogP contribution >= 0.6 is 0 Å². The highest BCUT2D eigenvalue weighted by molar-refractivity contribution is 6.02. The van der Waals surface area contributed by atoms with Gasteiger partial charge in [-0.25, -0.2) is 4.98 Å². The molecule has 3 N–H and O–H groups in total. The van der Waals surface area contributed by atoms with Crippen LogP contribution in [-0.2, 0) is 0 Å². The van der Waals surface area contributed by atoms with Crippen LogP contribution in [0.25, 0.3) is 0 Å². The molecular weight excluding hydrogens is 264 g/mol. The third-order valence-corrected chi connectivity index (χ3v) is 4.00. The molecule has 0 fully saturated rings. The molecule has 0 amide bonds. The second kappa shape index (κ2) is 7.86. The standard InChI is InChI=1S/C16H28N4O/c1-6-13(7-2)10-20(8-3)16-14(15(17)19-21)11(4)9-12(5)18-16/h9,13,21H,6-8,10H2,1-5H3,(H2,17,19). The van der Waals surface area contributed by atoms with Gasteiger partial charge in [0.25, 0.3) is 0 Å². The predicted molar refractivity (Wildman–Crippen MR) is 88.2 cm³/mol. The summed E-state index contributed by atoms with van der Waals surface area (Å²) in [4.78, 5) is 6.88. The molecule has 0 aliphatic heterocycles. The Balaban J connectivity index is 3.30. The van der Waals surface area contributed by atoms with Gasteiger partial charge in [-0.05, 0) is 38.3 Å². The summed E-state index contributed by atoms with van der Waals surface area (Å²) < 4.78 is 0. The first-order valence-electron chi connectivity index (χ1n) is 7.69. The van der Waals surface area contributed by atoms with Crippen LogP contribution in [0.1, 0.15) is 50.4 Å². The minimum atomic E-state index is 0.123. The third kappa shape index (κ3) is 4.09. The number of aryl methyl sites for hydroxylation is 2. The largest absolute Gasteiger partial charge is 0.409 e. The van der Waals surface area contributed by atoms with Crippen LogP contribution in [0.2, 0.25) is 0 Å². The van der Waals surface area contributed by atoms with E-state index < -0.39 is 0 Å². The average Bonchev–Trinajstić information content (AvgIpc) is 2.47. The van der Waals surface area contributed by atoms with Crippen molar-refractivity contribution in [1.29, 1.82) is 0 Å². The van der Waals surface area contributed by atoms with Crippen molar-refractivity contribution < 1.29 is 5.21 Å². The fourth-order valence-electron chi connectivity index (χ4n) is 2.64. The maximum absolute atomic E-state index is 9.05. The predicted octanol–water partition coefficient (Wildman–Crippen LogP) is 3.06. The smallest absolute Gasteiger partial charge is 0.174 e. The molecule has 0 radical (unpaired) electrons. The first kappa shape index (κ1) is 17.3. The first-order valence-corrected chi connectivity index (χ1v) is 7.69. The lowest BCUT2D eigenvalue weighted by Crippen LogP contribution is -2.33. The van der Waals surface area contributed by atoms with Crippen LogP contribution in [-0.4, -0.2) is 29.1 Å². The Morgan fingerprint density at radius 2 is 1.95 bits per heavy atom. The molecular formula is C16H28N4O. The monoisotopic (exact) mass is 292 g/mol. The molecule has 21 heavy (non-hydrogen) atoms. The Labute approximate surface area is 127 Å². The lowest BCUT2D eigenvalue weighted by atomic mass is 10.0. The molecule has 1 rings (SSSR count). The van der Waals surface area contributed by atoms with Crippen molar-refractivity contribution in [1.82, 2.24) is 4.98 Å². The average molecular weight is 292 g/mol. The van der Waals surface area contributed by atoms with E-state index in [1.54, 1.807) is 0 Å². The van der Waals surface area contributed by atoms with Gasteiger partial charge in [0.1, 0.15) is 5.82 Å². The lowest BCUT2D eigenvalue weighted by molar-refractivity contribution is 0.318. The molecule has 0 aliphatic rings. The van der Waals surface area contributed by atoms with Crippen molar-refractivity contribution in [2.24, 2.45) is 16.8 Å². The molecule has 1 aromatic heterocycles. The number of rotatable bonds is 7. The molecule has 5 heteroatoms. The van der Waals surface area contributed by atoms with E-state index in [-0.39, 0.29) is 5.84 Å². The molecule has 1 aromatic rings. The number of hydrogen-bond acceptors (Lipinski definition) is 4. The van der Waals surface area contributed by atoms with Crippen molar-refractivity contribution in [2.45, 2.75) is 47.5 Å². The van der Waals surface area contributed by atoms with Gasteiger partial charge in [-0.1, -0.05) is 31.8 Å². The number of pyridine rings is 1. The molecule has 0 aromatic carbocycles. The summed E-state index contributed by atoms with van der Waals surface area (Å²) >= 11 is 0. The highest BCUT2D eigenvalue weighted by atomic mass is 16.4. The minimum Gasteiger partial charge on any atom is -0.409 e. The van der Waals surface area contributed by atoms with Gasteiger partial charge in [0.15, 0.2) is 5.84 Å². The number of anilines is 1. The first-order chi connectivity index (χ1) is 9.98. The fourth-order valence-corrected chi connectivity index (χ4v) is 2.64. The van der Waals surface area contributed by atoms with Gasteiger partial charge in [0.05, 0.1) is 5.56 Å². The van der Waals surface area contributed by atoms with Crippen molar-refractivity contribution in [2.75, 3.05) is 18.0 Å². The molecule has 0 spiro atoms. The highest BCUT2D eigenvalue weighted by Gasteiger charge is 2.20. The zero-order valence-corrected chi connectivity index (χ0v) is 13.8. The highest BCUT2D eigenvalue weighted by Crippen LogP contribution is 2.24. The van der Waals surface area contributed by atoms with Crippen LogP contribution in [0, 0.1) is 19.8 Å². The second-order valence-corrected chi connectivity index (χ2v) is 5.49. The Morgan fingerprint density at radius 3 is 2.43 bits per heavy atom. The molecule has 0 saturated heterocycles. The molecule has 0 atom stereocenters. The summed E-state index contributed by atoms with van der Waals surface area (Å²) in [5.41, 5.74) is 8.53. The summed E-state index contributed by atoms with van der Waals surface area (Å²) in [6.07, 6.45) is 2.27. The van der Waals surface area contributed by atoms with Gasteiger partial charge in [0.2, 0.25) is 0 Å². The van der Waals surface area contributed by atoms with E-state index in [0.717, 1.165) is 48.6 Å². The number of nitrogens with zero attached hydrogens (tertiary/aromatic N) is 3. The Bertz CT molecular complexity index is 495. The Hall–Kier alpha value is -1.78. The van der Waals surface area contributed by atoms with E-state index in [1.165, 1.54) is 0 Å². The SMILES string of the molecule is CCC(CC)CN(CC)c1nc(C)cc(C)c1C(N)=NO.